The highest BCUT2D eigenvalue weighted by Crippen LogP contribution is 2.27. The van der Waals surface area contributed by atoms with Gasteiger partial charge in [0.25, 0.3) is 0 Å². The zero-order chi connectivity index (χ0) is 16.4. The molecule has 0 radical (unpaired) electrons. The number of hydrogen-bond donors (Lipinski definition) is 1. The van der Waals surface area contributed by atoms with E-state index in [4.69, 9.17) is 4.98 Å². The van der Waals surface area contributed by atoms with E-state index < -0.39 is 0 Å². The van der Waals surface area contributed by atoms with Crippen LogP contribution in [0.3, 0.4) is 0 Å². The Morgan fingerprint density at radius 3 is 2.91 bits per heavy atom. The molecule has 2 heterocycles. The van der Waals surface area contributed by atoms with Gasteiger partial charge in [-0.05, 0) is 32.7 Å². The minimum absolute atomic E-state index is 0.0358. The van der Waals surface area contributed by atoms with Crippen molar-refractivity contribution in [2.24, 2.45) is 7.05 Å². The first kappa shape index (κ1) is 16.1. The van der Waals surface area contributed by atoms with Crippen molar-refractivity contribution in [3.63, 3.8) is 0 Å². The second-order valence-electron chi connectivity index (χ2n) is 6.05. The Morgan fingerprint density at radius 2 is 2.26 bits per heavy atom. The second-order valence-corrected chi connectivity index (χ2v) is 7.22. The van der Waals surface area contributed by atoms with Gasteiger partial charge in [0.15, 0.2) is 0 Å². The number of carbonyl (C=O) groups excluding carboxylic acids is 1. The number of nitrogens with zero attached hydrogens (tertiary/aromatic N) is 4. The molecule has 124 valence electrons. The fourth-order valence-electron chi connectivity index (χ4n) is 3.00. The van der Waals surface area contributed by atoms with Gasteiger partial charge in [0.2, 0.25) is 5.91 Å². The molecule has 3 rings (SSSR count). The van der Waals surface area contributed by atoms with Crippen molar-refractivity contribution >= 4 is 17.2 Å². The van der Waals surface area contributed by atoms with E-state index in [2.05, 4.69) is 10.4 Å². The summed E-state index contributed by atoms with van der Waals surface area (Å²) in [6.45, 7) is 0.564. The fourth-order valence-corrected chi connectivity index (χ4v) is 4.21. The zero-order valence-electron chi connectivity index (χ0n) is 13.9. The average molecular weight is 333 g/mol. The number of nitrogens with one attached hydrogen (secondary N) is 1. The van der Waals surface area contributed by atoms with Gasteiger partial charge in [0, 0.05) is 30.7 Å². The van der Waals surface area contributed by atoms with Gasteiger partial charge in [-0.1, -0.05) is 0 Å². The summed E-state index contributed by atoms with van der Waals surface area (Å²) in [5.74, 6) is 0.0358. The van der Waals surface area contributed by atoms with Gasteiger partial charge >= 0.3 is 0 Å². The molecule has 2 aromatic heterocycles. The molecule has 0 aromatic carbocycles. The van der Waals surface area contributed by atoms with Gasteiger partial charge in [0.05, 0.1) is 18.4 Å². The Kier molecular flexibility index (Phi) is 4.77. The van der Waals surface area contributed by atoms with Gasteiger partial charge in [0.1, 0.15) is 11.0 Å². The highest BCUT2D eigenvalue weighted by Gasteiger charge is 2.25. The molecule has 0 saturated carbocycles. The third kappa shape index (κ3) is 3.45. The molecule has 1 unspecified atom stereocenters. The Balaban J connectivity index is 1.70. The van der Waals surface area contributed by atoms with E-state index in [1.807, 2.05) is 20.3 Å². The van der Waals surface area contributed by atoms with Crippen LogP contribution in [0.5, 0.6) is 0 Å². The number of thiazole rings is 1. The molecule has 0 fully saturated rings. The lowest BCUT2D eigenvalue weighted by Gasteiger charge is -2.22. The molecule has 1 aliphatic rings. The molecule has 7 heteroatoms. The molecular weight excluding hydrogens is 310 g/mol. The maximum absolute atomic E-state index is 12.7. The largest absolute Gasteiger partial charge is 0.337 e. The summed E-state index contributed by atoms with van der Waals surface area (Å²) in [6.07, 6.45) is 8.31. The van der Waals surface area contributed by atoms with Crippen molar-refractivity contribution < 1.29 is 4.79 Å². The molecule has 2 aromatic rings. The van der Waals surface area contributed by atoms with E-state index in [9.17, 15) is 4.79 Å². The van der Waals surface area contributed by atoms with Crippen molar-refractivity contribution in [2.75, 3.05) is 14.1 Å². The number of fused-ring (bicyclic) bond motifs is 1. The highest BCUT2D eigenvalue weighted by molar-refractivity contribution is 7.11. The molecule has 0 spiro atoms. The predicted octanol–water partition coefficient (Wildman–Crippen LogP) is 1.67. The summed E-state index contributed by atoms with van der Waals surface area (Å²) in [6, 6.07) is -0.372. The molecule has 1 aliphatic carbocycles. The Hall–Kier alpha value is -1.73. The number of amides is 1. The van der Waals surface area contributed by atoms with Crippen LogP contribution in [-0.2, 0) is 31.2 Å². The molecule has 0 bridgehead atoms. The normalized spacial score (nSPS) is 15.3. The van der Waals surface area contributed by atoms with Crippen LogP contribution < -0.4 is 5.32 Å². The first-order chi connectivity index (χ1) is 11.1. The monoisotopic (exact) mass is 333 g/mol. The van der Waals surface area contributed by atoms with Crippen molar-refractivity contribution in [1.82, 2.24) is 25.0 Å². The maximum atomic E-state index is 12.7. The third-order valence-electron chi connectivity index (χ3n) is 4.23. The molecule has 1 N–H and O–H groups in total. The topological polar surface area (TPSA) is 63.1 Å². The van der Waals surface area contributed by atoms with Gasteiger partial charge < -0.3 is 10.2 Å². The number of hydrogen-bond acceptors (Lipinski definition) is 5. The lowest BCUT2D eigenvalue weighted by molar-refractivity contribution is -0.132. The summed E-state index contributed by atoms with van der Waals surface area (Å²) in [5, 5.41) is 8.27. The van der Waals surface area contributed by atoms with Crippen molar-refractivity contribution in [3.05, 3.63) is 33.5 Å². The standard InChI is InChI=1S/C16H23N5OS/c1-17-15(11-8-18-21(3)9-11)16(22)20(2)10-14-19-12-6-4-5-7-13(12)23-14/h8-9,15,17H,4-7,10H2,1-3H3. The van der Waals surface area contributed by atoms with Crippen LogP contribution >= 0.6 is 11.3 Å². The van der Waals surface area contributed by atoms with E-state index in [0.717, 1.165) is 23.4 Å². The minimum Gasteiger partial charge on any atom is -0.337 e. The minimum atomic E-state index is -0.372. The summed E-state index contributed by atoms with van der Waals surface area (Å²) in [4.78, 5) is 20.6. The lowest BCUT2D eigenvalue weighted by atomic mass is 10.0. The van der Waals surface area contributed by atoms with E-state index in [0.29, 0.717) is 6.54 Å². The lowest BCUT2D eigenvalue weighted by Crippen LogP contribution is -2.37. The average Bonchev–Trinajstić information content (AvgIpc) is 3.13. The van der Waals surface area contributed by atoms with Crippen LogP contribution in [0.25, 0.3) is 0 Å². The van der Waals surface area contributed by atoms with Crippen LogP contribution in [0.15, 0.2) is 12.4 Å². The number of rotatable bonds is 5. The number of aromatic nitrogens is 3. The Bertz CT molecular complexity index is 669. The van der Waals surface area contributed by atoms with Crippen molar-refractivity contribution in [1.29, 1.82) is 0 Å². The molecule has 1 atom stereocenters. The first-order valence-corrected chi connectivity index (χ1v) is 8.78. The highest BCUT2D eigenvalue weighted by atomic mass is 32.1. The number of likely N-dealkylation sites (N-methyl/N-ethyl adjacent to an activating group) is 2. The van der Waals surface area contributed by atoms with E-state index in [1.54, 1.807) is 34.2 Å². The van der Waals surface area contributed by atoms with Crippen LogP contribution in [0, 0.1) is 0 Å². The molecular formula is C16H23N5OS. The van der Waals surface area contributed by atoms with E-state index in [1.165, 1.54) is 23.4 Å². The van der Waals surface area contributed by atoms with Gasteiger partial charge in [-0.25, -0.2) is 4.98 Å². The molecule has 0 aliphatic heterocycles. The van der Waals surface area contributed by atoms with Gasteiger partial charge in [-0.15, -0.1) is 11.3 Å². The SMILES string of the molecule is CNC(C(=O)N(C)Cc1nc2c(s1)CCCC2)c1cnn(C)c1. The summed E-state index contributed by atoms with van der Waals surface area (Å²) >= 11 is 1.76. The fraction of sp³-hybridized carbons (Fsp3) is 0.562. The summed E-state index contributed by atoms with van der Waals surface area (Å²) in [5.41, 5.74) is 2.12. The zero-order valence-corrected chi connectivity index (χ0v) is 14.7. The van der Waals surface area contributed by atoms with Crippen molar-refractivity contribution in [3.8, 4) is 0 Å². The smallest absolute Gasteiger partial charge is 0.244 e. The predicted molar refractivity (Wildman–Crippen MR) is 90.2 cm³/mol. The van der Waals surface area contributed by atoms with E-state index in [-0.39, 0.29) is 11.9 Å². The quantitative estimate of drug-likeness (QED) is 0.904. The van der Waals surface area contributed by atoms with Gasteiger partial charge in [-0.2, -0.15) is 5.10 Å². The molecule has 23 heavy (non-hydrogen) atoms. The Labute approximate surface area is 140 Å². The first-order valence-electron chi connectivity index (χ1n) is 7.96. The number of aryl methyl sites for hydroxylation is 3. The molecule has 6 nitrogen and oxygen atoms in total. The van der Waals surface area contributed by atoms with Crippen LogP contribution in [-0.4, -0.2) is 39.7 Å². The van der Waals surface area contributed by atoms with Crippen LogP contribution in [0.1, 0.15) is 40.0 Å². The molecule has 1 amide bonds. The summed E-state index contributed by atoms with van der Waals surface area (Å²) < 4.78 is 1.71. The Morgan fingerprint density at radius 1 is 1.48 bits per heavy atom. The second kappa shape index (κ2) is 6.80. The maximum Gasteiger partial charge on any atom is 0.244 e. The number of carbonyl (C=O) groups is 1. The third-order valence-corrected chi connectivity index (χ3v) is 5.37. The van der Waals surface area contributed by atoms with Gasteiger partial charge in [-0.3, -0.25) is 9.48 Å². The van der Waals surface area contributed by atoms with E-state index >= 15 is 0 Å². The van der Waals surface area contributed by atoms with Crippen molar-refractivity contribution in [2.45, 2.75) is 38.3 Å². The van der Waals surface area contributed by atoms with Crippen LogP contribution in [0.4, 0.5) is 0 Å². The molecule has 0 saturated heterocycles. The van der Waals surface area contributed by atoms with Crippen LogP contribution in [0.2, 0.25) is 0 Å². The summed E-state index contributed by atoms with van der Waals surface area (Å²) in [7, 11) is 5.49.